The smallest absolute Gasteiger partial charge is 0.332 e. The summed E-state index contributed by atoms with van der Waals surface area (Å²) in [4.78, 5) is 21.1. The number of hydrazone groups is 2. The van der Waals surface area contributed by atoms with E-state index in [0.717, 1.165) is 0 Å². The third-order valence-corrected chi connectivity index (χ3v) is 2.34. The third kappa shape index (κ3) is 5.00. The van der Waals surface area contributed by atoms with Crippen molar-refractivity contribution in [2.75, 3.05) is 14.2 Å². The monoisotopic (exact) mass is 308 g/mol. The van der Waals surface area contributed by atoms with E-state index in [4.69, 9.17) is 20.9 Å². The highest BCUT2D eigenvalue weighted by Gasteiger charge is 2.09. The van der Waals surface area contributed by atoms with Crippen LogP contribution >= 0.6 is 0 Å². The number of hydrogen-bond donors (Lipinski definition) is 4. The van der Waals surface area contributed by atoms with Gasteiger partial charge in [0.2, 0.25) is 0 Å². The van der Waals surface area contributed by atoms with Crippen LogP contribution in [0.5, 0.6) is 11.5 Å². The molecule has 0 spiro atoms. The Morgan fingerprint density at radius 1 is 0.955 bits per heavy atom. The molecule has 1 aromatic carbocycles. The number of nitrogens with one attached hydrogen (secondary N) is 2. The van der Waals surface area contributed by atoms with Crippen molar-refractivity contribution in [2.45, 2.75) is 0 Å². The van der Waals surface area contributed by atoms with Crippen molar-refractivity contribution in [1.29, 1.82) is 0 Å². The van der Waals surface area contributed by atoms with Gasteiger partial charge in [0.05, 0.1) is 26.6 Å². The molecule has 0 bridgehead atoms. The molecule has 22 heavy (non-hydrogen) atoms. The molecule has 118 valence electrons. The first-order valence-corrected chi connectivity index (χ1v) is 5.91. The fourth-order valence-corrected chi connectivity index (χ4v) is 1.48. The van der Waals surface area contributed by atoms with Crippen LogP contribution in [-0.4, -0.2) is 38.7 Å². The van der Waals surface area contributed by atoms with Crippen LogP contribution in [0.3, 0.4) is 0 Å². The molecule has 0 heterocycles. The zero-order valence-corrected chi connectivity index (χ0v) is 12.0. The summed E-state index contributed by atoms with van der Waals surface area (Å²) in [5.41, 5.74) is 15.0. The van der Waals surface area contributed by atoms with E-state index in [1.54, 1.807) is 12.1 Å². The second kappa shape index (κ2) is 8.09. The fraction of sp³-hybridized carbons (Fsp3) is 0.167. The molecule has 0 unspecified atom stereocenters. The standard InChI is InChI=1S/C12H16N6O4/c1-21-9-3-8(6-16-18-12(14)20)10(22-2)4-7(9)5-15-17-11(13)19/h3-6H,1-2H3,(H3,13,17,19)(H3,14,18,20). The SMILES string of the molecule is COc1cc(C=NNC(N)=O)c(OC)cc1C=NNC(N)=O. The molecule has 6 N–H and O–H groups in total. The van der Waals surface area contributed by atoms with Crippen LogP contribution in [0.4, 0.5) is 9.59 Å². The van der Waals surface area contributed by atoms with Crippen LogP contribution in [0.25, 0.3) is 0 Å². The molecule has 0 fully saturated rings. The predicted molar refractivity (Wildman–Crippen MR) is 80.2 cm³/mol. The van der Waals surface area contributed by atoms with Crippen molar-refractivity contribution in [2.24, 2.45) is 21.7 Å². The molecule has 1 aromatic rings. The van der Waals surface area contributed by atoms with Gasteiger partial charge >= 0.3 is 12.1 Å². The molecule has 0 aliphatic carbocycles. The van der Waals surface area contributed by atoms with Crippen molar-refractivity contribution in [3.63, 3.8) is 0 Å². The predicted octanol–water partition coefficient (Wildman–Crippen LogP) is -0.292. The van der Waals surface area contributed by atoms with Crippen molar-refractivity contribution >= 4 is 24.5 Å². The largest absolute Gasteiger partial charge is 0.496 e. The molecule has 0 aliphatic heterocycles. The van der Waals surface area contributed by atoms with Gasteiger partial charge in [-0.2, -0.15) is 10.2 Å². The summed E-state index contributed by atoms with van der Waals surface area (Å²) in [5, 5.41) is 7.30. The lowest BCUT2D eigenvalue weighted by Crippen LogP contribution is -2.24. The molecule has 0 aliphatic rings. The van der Waals surface area contributed by atoms with Crippen molar-refractivity contribution < 1.29 is 19.1 Å². The maximum Gasteiger partial charge on any atom is 0.332 e. The van der Waals surface area contributed by atoms with Gasteiger partial charge in [-0.15, -0.1) is 0 Å². The van der Waals surface area contributed by atoms with Gasteiger partial charge < -0.3 is 20.9 Å². The van der Waals surface area contributed by atoms with Crippen molar-refractivity contribution in [3.8, 4) is 11.5 Å². The number of primary amides is 2. The highest BCUT2D eigenvalue weighted by Crippen LogP contribution is 2.26. The number of ether oxygens (including phenoxy) is 2. The van der Waals surface area contributed by atoms with Gasteiger partial charge in [0.15, 0.2) is 0 Å². The first-order valence-electron chi connectivity index (χ1n) is 5.91. The second-order valence-corrected chi connectivity index (χ2v) is 3.80. The van der Waals surface area contributed by atoms with Gasteiger partial charge in [-0.25, -0.2) is 20.4 Å². The lowest BCUT2D eigenvalue weighted by Gasteiger charge is -2.10. The number of carbonyl (C=O) groups excluding carboxylic acids is 2. The number of amides is 4. The van der Waals surface area contributed by atoms with E-state index in [1.807, 2.05) is 0 Å². The van der Waals surface area contributed by atoms with Crippen LogP contribution < -0.4 is 31.8 Å². The van der Waals surface area contributed by atoms with Gasteiger partial charge in [-0.1, -0.05) is 0 Å². The summed E-state index contributed by atoms with van der Waals surface area (Å²) < 4.78 is 10.4. The number of nitrogens with two attached hydrogens (primary N) is 2. The minimum absolute atomic E-state index is 0.441. The Morgan fingerprint density at radius 3 is 1.59 bits per heavy atom. The maximum absolute atomic E-state index is 10.6. The van der Waals surface area contributed by atoms with Crippen molar-refractivity contribution in [1.82, 2.24) is 10.9 Å². The maximum atomic E-state index is 10.6. The second-order valence-electron chi connectivity index (χ2n) is 3.80. The molecule has 0 aromatic heterocycles. The summed E-state index contributed by atoms with van der Waals surface area (Å²) in [7, 11) is 2.92. The summed E-state index contributed by atoms with van der Waals surface area (Å²) in [6.45, 7) is 0. The van der Waals surface area contributed by atoms with Gasteiger partial charge in [0.1, 0.15) is 11.5 Å². The molecule has 0 atom stereocenters. The first kappa shape index (κ1) is 16.8. The number of hydrogen-bond acceptors (Lipinski definition) is 6. The highest BCUT2D eigenvalue weighted by molar-refractivity contribution is 5.91. The van der Waals surface area contributed by atoms with Crippen LogP contribution in [0.2, 0.25) is 0 Å². The Balaban J connectivity index is 3.11. The molecule has 4 amide bonds. The third-order valence-electron chi connectivity index (χ3n) is 2.34. The molecule has 0 radical (unpaired) electrons. The number of carbonyl (C=O) groups is 2. The summed E-state index contributed by atoms with van der Waals surface area (Å²) in [6.07, 6.45) is 2.68. The van der Waals surface area contributed by atoms with E-state index in [0.29, 0.717) is 22.6 Å². The van der Waals surface area contributed by atoms with Crippen molar-refractivity contribution in [3.05, 3.63) is 23.3 Å². The van der Waals surface area contributed by atoms with Gasteiger partial charge in [-0.3, -0.25) is 0 Å². The molecule has 10 nitrogen and oxygen atoms in total. The number of nitrogens with zero attached hydrogens (tertiary/aromatic N) is 2. The van der Waals surface area contributed by atoms with E-state index < -0.39 is 12.1 Å². The van der Waals surface area contributed by atoms with E-state index >= 15 is 0 Å². The Hall–Kier alpha value is -3.30. The number of methoxy groups -OCH3 is 2. The number of urea groups is 2. The molecular weight excluding hydrogens is 292 g/mol. The van der Waals surface area contributed by atoms with Crippen LogP contribution in [0.15, 0.2) is 22.3 Å². The Kier molecular flexibility index (Phi) is 6.16. The minimum Gasteiger partial charge on any atom is -0.496 e. The zero-order valence-electron chi connectivity index (χ0n) is 12.0. The lowest BCUT2D eigenvalue weighted by molar-refractivity contribution is 0.248. The highest BCUT2D eigenvalue weighted by atomic mass is 16.5. The molecule has 10 heteroatoms. The van der Waals surface area contributed by atoms with Gasteiger partial charge in [-0.05, 0) is 12.1 Å². The van der Waals surface area contributed by atoms with Crippen LogP contribution in [0, 0.1) is 0 Å². The van der Waals surface area contributed by atoms with E-state index in [9.17, 15) is 9.59 Å². The summed E-state index contributed by atoms with van der Waals surface area (Å²) in [5.74, 6) is 0.882. The average molecular weight is 308 g/mol. The number of benzene rings is 1. The Bertz CT molecular complexity index is 560. The van der Waals surface area contributed by atoms with Crippen LogP contribution in [0.1, 0.15) is 11.1 Å². The quantitative estimate of drug-likeness (QED) is 0.421. The zero-order chi connectivity index (χ0) is 16.5. The molecule has 0 saturated carbocycles. The number of rotatable bonds is 6. The Labute approximate surface area is 126 Å². The Morgan fingerprint density at radius 2 is 1.32 bits per heavy atom. The molecular formula is C12H16N6O4. The normalized spacial score (nSPS) is 10.6. The van der Waals surface area contributed by atoms with E-state index in [2.05, 4.69) is 21.1 Å². The lowest BCUT2D eigenvalue weighted by atomic mass is 10.1. The summed E-state index contributed by atoms with van der Waals surface area (Å²) in [6, 6.07) is 1.64. The van der Waals surface area contributed by atoms with E-state index in [-0.39, 0.29) is 0 Å². The fourth-order valence-electron chi connectivity index (χ4n) is 1.48. The average Bonchev–Trinajstić information content (AvgIpc) is 2.47. The van der Waals surface area contributed by atoms with E-state index in [1.165, 1.54) is 26.6 Å². The molecule has 0 saturated heterocycles. The first-order chi connectivity index (χ1) is 10.5. The minimum atomic E-state index is -0.788. The van der Waals surface area contributed by atoms with Crippen LogP contribution in [-0.2, 0) is 0 Å². The topological polar surface area (TPSA) is 153 Å². The summed E-state index contributed by atoms with van der Waals surface area (Å²) >= 11 is 0. The van der Waals surface area contributed by atoms with Gasteiger partial charge in [0, 0.05) is 11.1 Å². The molecule has 1 rings (SSSR count). The van der Waals surface area contributed by atoms with Gasteiger partial charge in [0.25, 0.3) is 0 Å².